The molecule has 0 unspecified atom stereocenters. The molecule has 2 nitrogen and oxygen atoms in total. The number of aromatic nitrogens is 1. The van der Waals surface area contributed by atoms with E-state index in [0.717, 1.165) is 31.1 Å². The van der Waals surface area contributed by atoms with Crippen LogP contribution in [0.4, 0.5) is 4.39 Å². The van der Waals surface area contributed by atoms with Crippen molar-refractivity contribution in [2.45, 2.75) is 29.5 Å². The maximum Gasteiger partial charge on any atom is 0.130 e. The van der Waals surface area contributed by atoms with Gasteiger partial charge in [0.15, 0.2) is 0 Å². The van der Waals surface area contributed by atoms with Crippen molar-refractivity contribution in [3.63, 3.8) is 0 Å². The number of rotatable bonds is 5. The molecule has 2 aromatic rings. The maximum absolute atomic E-state index is 12.9. The number of thioether (sulfide) groups is 1. The smallest absolute Gasteiger partial charge is 0.130 e. The molecule has 0 spiro atoms. The number of likely N-dealkylation sites (tertiary alicyclic amines) is 1. The lowest BCUT2D eigenvalue weighted by molar-refractivity contribution is 0.235. The highest BCUT2D eigenvalue weighted by Crippen LogP contribution is 2.29. The van der Waals surface area contributed by atoms with Crippen LogP contribution in [0.1, 0.15) is 18.4 Å². The molecule has 0 saturated carbocycles. The van der Waals surface area contributed by atoms with Crippen molar-refractivity contribution >= 4 is 23.4 Å². The average Bonchev–Trinajstić information content (AvgIpc) is 2.56. The Kier molecular flexibility index (Phi) is 5.92. The van der Waals surface area contributed by atoms with Gasteiger partial charge in [-0.15, -0.1) is 11.8 Å². The van der Waals surface area contributed by atoms with Gasteiger partial charge in [-0.05, 0) is 62.2 Å². The van der Waals surface area contributed by atoms with E-state index < -0.39 is 0 Å². The maximum atomic E-state index is 12.9. The number of pyridine rings is 1. The summed E-state index contributed by atoms with van der Waals surface area (Å²) in [4.78, 5) is 6.85. The molecule has 3 rings (SSSR count). The fraction of sp³-hybridized carbons (Fsp3) is 0.389. The van der Waals surface area contributed by atoms with Crippen LogP contribution in [0.5, 0.6) is 0 Å². The van der Waals surface area contributed by atoms with Crippen LogP contribution in [-0.4, -0.2) is 34.8 Å². The molecule has 1 aliphatic rings. The van der Waals surface area contributed by atoms with Crippen molar-refractivity contribution in [1.29, 1.82) is 0 Å². The van der Waals surface area contributed by atoms with Crippen molar-refractivity contribution in [1.82, 2.24) is 9.88 Å². The van der Waals surface area contributed by atoms with Gasteiger partial charge in [0.25, 0.3) is 0 Å². The highest BCUT2D eigenvalue weighted by Gasteiger charge is 2.20. The van der Waals surface area contributed by atoms with E-state index in [4.69, 9.17) is 11.6 Å². The lowest BCUT2D eigenvalue weighted by atomic mass is 10.1. The quantitative estimate of drug-likeness (QED) is 0.729. The molecule has 0 aliphatic carbocycles. The summed E-state index contributed by atoms with van der Waals surface area (Å²) in [5.41, 5.74) is 1.20. The largest absolute Gasteiger partial charge is 0.303 e. The third-order valence-corrected chi connectivity index (χ3v) is 5.63. The molecule has 23 heavy (non-hydrogen) atoms. The summed E-state index contributed by atoms with van der Waals surface area (Å²) in [7, 11) is 0. The highest BCUT2D eigenvalue weighted by atomic mass is 35.5. The number of piperidine rings is 1. The molecule has 0 N–H and O–H groups in total. The number of hydrogen-bond donors (Lipinski definition) is 0. The Hall–Kier alpha value is -1.10. The summed E-state index contributed by atoms with van der Waals surface area (Å²) in [5.74, 6) is -0.166. The van der Waals surface area contributed by atoms with Crippen LogP contribution in [0.3, 0.4) is 0 Å². The van der Waals surface area contributed by atoms with E-state index >= 15 is 0 Å². The molecule has 1 aliphatic heterocycles. The predicted octanol–water partition coefficient (Wildman–Crippen LogP) is 4.67. The van der Waals surface area contributed by atoms with Gasteiger partial charge >= 0.3 is 0 Å². The van der Waals surface area contributed by atoms with Gasteiger partial charge in [-0.3, -0.25) is 0 Å². The first kappa shape index (κ1) is 16.7. The monoisotopic (exact) mass is 350 g/mol. The van der Waals surface area contributed by atoms with Crippen LogP contribution in [0.15, 0.2) is 47.5 Å². The number of nitrogens with zero attached hydrogens (tertiary/aromatic N) is 2. The standard InChI is InChI=1S/C18H20ClFN2S/c19-17-2-1-3-18(21-17)23-16-9-12-22(13-10-16)11-8-14-4-6-15(20)7-5-14/h1-7,16H,8-13H2. The molecule has 1 aromatic heterocycles. The minimum atomic E-state index is -0.166. The average molecular weight is 351 g/mol. The Balaban J connectivity index is 1.42. The van der Waals surface area contributed by atoms with Gasteiger partial charge in [0.1, 0.15) is 11.0 Å². The highest BCUT2D eigenvalue weighted by molar-refractivity contribution is 7.99. The van der Waals surface area contributed by atoms with E-state index in [1.54, 1.807) is 0 Å². The fourth-order valence-electron chi connectivity index (χ4n) is 2.82. The zero-order valence-corrected chi connectivity index (χ0v) is 14.5. The van der Waals surface area contributed by atoms with Gasteiger partial charge in [-0.25, -0.2) is 9.37 Å². The van der Waals surface area contributed by atoms with Crippen molar-refractivity contribution in [3.05, 3.63) is 59.0 Å². The summed E-state index contributed by atoms with van der Waals surface area (Å²) >= 11 is 7.77. The minimum Gasteiger partial charge on any atom is -0.303 e. The van der Waals surface area contributed by atoms with E-state index in [-0.39, 0.29) is 5.82 Å². The van der Waals surface area contributed by atoms with E-state index in [2.05, 4.69) is 9.88 Å². The summed E-state index contributed by atoms with van der Waals surface area (Å²) in [5, 5.41) is 2.19. The van der Waals surface area contributed by atoms with Crippen LogP contribution < -0.4 is 0 Å². The molecule has 1 aromatic carbocycles. The van der Waals surface area contributed by atoms with Crippen LogP contribution >= 0.6 is 23.4 Å². The second-order valence-electron chi connectivity index (χ2n) is 5.83. The lowest BCUT2D eigenvalue weighted by Crippen LogP contribution is -2.36. The molecule has 5 heteroatoms. The van der Waals surface area contributed by atoms with Gasteiger partial charge in [0.05, 0.1) is 5.03 Å². The lowest BCUT2D eigenvalue weighted by Gasteiger charge is -2.31. The van der Waals surface area contributed by atoms with Crippen molar-refractivity contribution < 1.29 is 4.39 Å². The van der Waals surface area contributed by atoms with E-state index in [0.29, 0.717) is 10.4 Å². The second-order valence-corrected chi connectivity index (χ2v) is 7.54. The molecule has 2 heterocycles. The normalized spacial score (nSPS) is 16.6. The number of benzene rings is 1. The third kappa shape index (κ3) is 5.20. The Labute approximate surface area is 146 Å². The van der Waals surface area contributed by atoms with Crippen LogP contribution in [0.25, 0.3) is 0 Å². The van der Waals surface area contributed by atoms with Crippen LogP contribution in [0, 0.1) is 5.82 Å². The summed E-state index contributed by atoms with van der Waals surface area (Å²) in [6, 6.07) is 12.6. The topological polar surface area (TPSA) is 16.1 Å². The summed E-state index contributed by atoms with van der Waals surface area (Å²) in [6.07, 6.45) is 3.32. The van der Waals surface area contributed by atoms with Crippen molar-refractivity contribution in [2.24, 2.45) is 0 Å². The molecule has 0 bridgehead atoms. The summed E-state index contributed by atoms with van der Waals surface area (Å²) in [6.45, 7) is 3.26. The molecule has 1 fully saturated rings. The molecule has 1 saturated heterocycles. The molecule has 122 valence electrons. The first-order valence-corrected chi connectivity index (χ1v) is 9.21. The van der Waals surface area contributed by atoms with Crippen molar-refractivity contribution in [2.75, 3.05) is 19.6 Å². The second kappa shape index (κ2) is 8.13. The van der Waals surface area contributed by atoms with Crippen molar-refractivity contribution in [3.8, 4) is 0 Å². The van der Waals surface area contributed by atoms with Gasteiger partial charge in [0.2, 0.25) is 0 Å². The van der Waals surface area contributed by atoms with E-state index in [1.807, 2.05) is 42.1 Å². The Morgan fingerprint density at radius 1 is 1.13 bits per heavy atom. The van der Waals surface area contributed by atoms with E-state index in [9.17, 15) is 4.39 Å². The van der Waals surface area contributed by atoms with Gasteiger partial charge in [0, 0.05) is 11.8 Å². The summed E-state index contributed by atoms with van der Waals surface area (Å²) < 4.78 is 12.9. The molecular formula is C18H20ClFN2S. The Morgan fingerprint density at radius 2 is 1.87 bits per heavy atom. The van der Waals surface area contributed by atoms with Gasteiger partial charge < -0.3 is 4.90 Å². The fourth-order valence-corrected chi connectivity index (χ4v) is 4.13. The van der Waals surface area contributed by atoms with Crippen LogP contribution in [-0.2, 0) is 6.42 Å². The molecule has 0 radical (unpaired) electrons. The number of hydrogen-bond acceptors (Lipinski definition) is 3. The number of halogens is 2. The molecule has 0 atom stereocenters. The van der Waals surface area contributed by atoms with Gasteiger partial charge in [-0.2, -0.15) is 0 Å². The van der Waals surface area contributed by atoms with E-state index in [1.165, 1.54) is 30.5 Å². The minimum absolute atomic E-state index is 0.166. The predicted molar refractivity (Wildman–Crippen MR) is 94.7 cm³/mol. The zero-order chi connectivity index (χ0) is 16.1. The molecular weight excluding hydrogens is 331 g/mol. The SMILES string of the molecule is Fc1ccc(CCN2CCC(Sc3cccc(Cl)n3)CC2)cc1. The first-order valence-electron chi connectivity index (χ1n) is 7.95. The Morgan fingerprint density at radius 3 is 2.57 bits per heavy atom. The van der Waals surface area contributed by atoms with Gasteiger partial charge in [-0.1, -0.05) is 29.8 Å². The molecule has 0 amide bonds. The first-order chi connectivity index (χ1) is 11.2. The van der Waals surface area contributed by atoms with Crippen LogP contribution in [0.2, 0.25) is 5.15 Å². The Bertz CT molecular complexity index is 627. The third-order valence-electron chi connectivity index (χ3n) is 4.14. The zero-order valence-electron chi connectivity index (χ0n) is 12.9.